The van der Waals surface area contributed by atoms with Gasteiger partial charge in [-0.15, -0.1) is 0 Å². The molecule has 0 fully saturated rings. The van der Waals surface area contributed by atoms with Gasteiger partial charge in [-0.05, 0) is 22.0 Å². The predicted molar refractivity (Wildman–Crippen MR) is 57.2 cm³/mol. The zero-order valence-corrected chi connectivity index (χ0v) is 9.65. The van der Waals surface area contributed by atoms with Gasteiger partial charge >= 0.3 is 0 Å². The lowest BCUT2D eigenvalue weighted by Gasteiger charge is -2.02. The molecule has 1 aromatic rings. The number of nitro benzene ring substituents is 1. The number of carbonyl (C=O) groups is 2. The molecule has 0 aliphatic carbocycles. The van der Waals surface area contributed by atoms with Crippen LogP contribution in [-0.4, -0.2) is 28.7 Å². The first kappa shape index (κ1) is 10.7. The maximum absolute atomic E-state index is 11.6. The molecule has 0 spiro atoms. The number of imide groups is 1. The van der Waals surface area contributed by atoms with Gasteiger partial charge in [-0.25, -0.2) is 0 Å². The van der Waals surface area contributed by atoms with Crippen LogP contribution in [0.25, 0.3) is 0 Å². The molecular formula is C9H5BrN2O4. The lowest BCUT2D eigenvalue weighted by Crippen LogP contribution is -2.24. The van der Waals surface area contributed by atoms with Crippen molar-refractivity contribution in [2.45, 2.75) is 0 Å². The third-order valence-corrected chi connectivity index (χ3v) is 2.99. The van der Waals surface area contributed by atoms with E-state index in [9.17, 15) is 19.7 Å². The summed E-state index contributed by atoms with van der Waals surface area (Å²) in [6.45, 7) is 0. The number of hydrogen-bond acceptors (Lipinski definition) is 4. The molecule has 0 bridgehead atoms. The van der Waals surface area contributed by atoms with Gasteiger partial charge in [0.05, 0.1) is 20.5 Å². The van der Waals surface area contributed by atoms with E-state index in [0.29, 0.717) is 0 Å². The molecule has 6 nitrogen and oxygen atoms in total. The normalized spacial score (nSPS) is 14.2. The Morgan fingerprint density at radius 1 is 1.25 bits per heavy atom. The quantitative estimate of drug-likeness (QED) is 0.445. The number of halogens is 1. The Hall–Kier alpha value is -1.76. The summed E-state index contributed by atoms with van der Waals surface area (Å²) in [6, 6.07) is 2.42. The van der Waals surface area contributed by atoms with Crippen molar-refractivity contribution >= 4 is 33.4 Å². The van der Waals surface area contributed by atoms with Crippen molar-refractivity contribution in [2.75, 3.05) is 7.05 Å². The molecule has 1 heterocycles. The van der Waals surface area contributed by atoms with E-state index in [1.165, 1.54) is 13.1 Å². The third kappa shape index (κ3) is 1.32. The summed E-state index contributed by atoms with van der Waals surface area (Å²) in [5, 5.41) is 10.7. The Bertz CT molecular complexity index is 541. The van der Waals surface area contributed by atoms with E-state index in [1.807, 2.05) is 0 Å². The minimum absolute atomic E-state index is 0.0717. The Kier molecular flexibility index (Phi) is 2.27. The summed E-state index contributed by atoms with van der Waals surface area (Å²) in [4.78, 5) is 34.1. The number of nitro groups is 1. The van der Waals surface area contributed by atoms with Crippen molar-refractivity contribution in [1.82, 2.24) is 4.90 Å². The highest BCUT2D eigenvalue weighted by atomic mass is 79.9. The Morgan fingerprint density at radius 2 is 1.75 bits per heavy atom. The SMILES string of the molecule is CN1C(=O)c2cc(Br)c([N+](=O)[O-])cc2C1=O. The van der Waals surface area contributed by atoms with Crippen LogP contribution in [0.4, 0.5) is 5.69 Å². The Balaban J connectivity index is 2.70. The van der Waals surface area contributed by atoms with E-state index in [-0.39, 0.29) is 21.3 Å². The van der Waals surface area contributed by atoms with Crippen molar-refractivity contribution < 1.29 is 14.5 Å². The molecule has 1 aromatic carbocycles. The summed E-state index contributed by atoms with van der Waals surface area (Å²) in [7, 11) is 1.34. The molecule has 16 heavy (non-hydrogen) atoms. The molecule has 0 saturated carbocycles. The number of fused-ring (bicyclic) bond motifs is 1. The molecule has 7 heteroatoms. The van der Waals surface area contributed by atoms with E-state index in [2.05, 4.69) is 15.9 Å². The summed E-state index contributed by atoms with van der Waals surface area (Å²) in [5.41, 5.74) is 0.0302. The number of amides is 2. The maximum Gasteiger partial charge on any atom is 0.284 e. The molecule has 0 saturated heterocycles. The highest BCUT2D eigenvalue weighted by Crippen LogP contribution is 2.32. The summed E-state index contributed by atoms with van der Waals surface area (Å²) in [6.07, 6.45) is 0. The Morgan fingerprint density at radius 3 is 2.25 bits per heavy atom. The van der Waals surface area contributed by atoms with Crippen molar-refractivity contribution in [2.24, 2.45) is 0 Å². The fraction of sp³-hybridized carbons (Fsp3) is 0.111. The number of hydrogen-bond donors (Lipinski definition) is 0. The smallest absolute Gasteiger partial charge is 0.277 e. The third-order valence-electron chi connectivity index (χ3n) is 2.35. The van der Waals surface area contributed by atoms with Crippen molar-refractivity contribution in [3.05, 3.63) is 37.8 Å². The van der Waals surface area contributed by atoms with Crippen LogP contribution >= 0.6 is 15.9 Å². The molecule has 0 unspecified atom stereocenters. The minimum atomic E-state index is -0.611. The van der Waals surface area contributed by atoms with Gasteiger partial charge in [0.1, 0.15) is 0 Å². The number of carbonyl (C=O) groups excluding carboxylic acids is 2. The van der Waals surface area contributed by atoms with E-state index >= 15 is 0 Å². The van der Waals surface area contributed by atoms with Gasteiger partial charge in [0.2, 0.25) is 0 Å². The fourth-order valence-corrected chi connectivity index (χ4v) is 2.00. The van der Waals surface area contributed by atoms with E-state index in [1.54, 1.807) is 0 Å². The summed E-state index contributed by atoms with van der Waals surface area (Å²) >= 11 is 2.99. The topological polar surface area (TPSA) is 80.5 Å². The monoisotopic (exact) mass is 284 g/mol. The largest absolute Gasteiger partial charge is 0.284 e. The van der Waals surface area contributed by atoms with Crippen LogP contribution in [0.2, 0.25) is 0 Å². The van der Waals surface area contributed by atoms with Gasteiger partial charge in [0.25, 0.3) is 17.5 Å². The molecule has 0 N–H and O–H groups in total. The molecule has 0 atom stereocenters. The molecule has 1 aliphatic heterocycles. The lowest BCUT2D eigenvalue weighted by atomic mass is 10.1. The van der Waals surface area contributed by atoms with Gasteiger partial charge < -0.3 is 0 Å². The van der Waals surface area contributed by atoms with Gasteiger partial charge in [-0.3, -0.25) is 24.6 Å². The highest BCUT2D eigenvalue weighted by Gasteiger charge is 2.35. The highest BCUT2D eigenvalue weighted by molar-refractivity contribution is 9.10. The number of rotatable bonds is 1. The average molecular weight is 285 g/mol. The summed E-state index contributed by atoms with van der Waals surface area (Å²) < 4.78 is 0.188. The molecular weight excluding hydrogens is 280 g/mol. The first-order valence-electron chi connectivity index (χ1n) is 4.24. The lowest BCUT2D eigenvalue weighted by molar-refractivity contribution is -0.385. The number of benzene rings is 1. The fourth-order valence-electron chi connectivity index (χ4n) is 1.51. The number of nitrogens with zero attached hydrogens (tertiary/aromatic N) is 2. The molecule has 82 valence electrons. The van der Waals surface area contributed by atoms with Crippen LogP contribution in [0.5, 0.6) is 0 Å². The van der Waals surface area contributed by atoms with Crippen LogP contribution in [0.1, 0.15) is 20.7 Å². The van der Waals surface area contributed by atoms with Gasteiger partial charge in [-0.2, -0.15) is 0 Å². The first-order chi connectivity index (χ1) is 7.43. The van der Waals surface area contributed by atoms with Crippen LogP contribution < -0.4 is 0 Å². The predicted octanol–water partition coefficient (Wildman–Crippen LogP) is 1.58. The standard InChI is InChI=1S/C9H5BrN2O4/c1-11-8(13)4-2-6(10)7(12(15)16)3-5(4)9(11)14/h2-3H,1H3. The zero-order chi connectivity index (χ0) is 12.0. The summed E-state index contributed by atoms with van der Waals surface area (Å²) in [5.74, 6) is -0.966. The minimum Gasteiger partial charge on any atom is -0.277 e. The molecule has 1 aliphatic rings. The molecule has 2 rings (SSSR count). The van der Waals surface area contributed by atoms with Crippen LogP contribution in [0.3, 0.4) is 0 Å². The van der Waals surface area contributed by atoms with E-state index < -0.39 is 16.7 Å². The van der Waals surface area contributed by atoms with Crippen LogP contribution in [0.15, 0.2) is 16.6 Å². The van der Waals surface area contributed by atoms with Gasteiger partial charge in [-0.1, -0.05) is 0 Å². The van der Waals surface area contributed by atoms with Crippen molar-refractivity contribution in [3.63, 3.8) is 0 Å². The second kappa shape index (κ2) is 3.38. The van der Waals surface area contributed by atoms with Crippen molar-refractivity contribution in [3.8, 4) is 0 Å². The van der Waals surface area contributed by atoms with Gasteiger partial charge in [0.15, 0.2) is 0 Å². The average Bonchev–Trinajstić information content (AvgIpc) is 2.43. The zero-order valence-electron chi connectivity index (χ0n) is 8.06. The molecule has 2 amide bonds. The van der Waals surface area contributed by atoms with Crippen LogP contribution in [-0.2, 0) is 0 Å². The van der Waals surface area contributed by atoms with Crippen molar-refractivity contribution in [1.29, 1.82) is 0 Å². The van der Waals surface area contributed by atoms with Crippen LogP contribution in [0, 0.1) is 10.1 Å². The Labute approximate surface area is 98.1 Å². The van der Waals surface area contributed by atoms with E-state index in [0.717, 1.165) is 11.0 Å². The second-order valence-corrected chi connectivity index (χ2v) is 4.13. The first-order valence-corrected chi connectivity index (χ1v) is 5.03. The van der Waals surface area contributed by atoms with Gasteiger partial charge in [0, 0.05) is 13.1 Å². The van der Waals surface area contributed by atoms with E-state index in [4.69, 9.17) is 0 Å². The second-order valence-electron chi connectivity index (χ2n) is 3.28. The molecule has 0 aromatic heterocycles. The maximum atomic E-state index is 11.6. The molecule has 0 radical (unpaired) electrons.